The molecule has 0 aromatic rings. The lowest BCUT2D eigenvalue weighted by atomic mass is 9.96. The van der Waals surface area contributed by atoms with E-state index < -0.39 is 94.1 Å². The summed E-state index contributed by atoms with van der Waals surface area (Å²) < 4.78 is 0. The highest BCUT2D eigenvalue weighted by molar-refractivity contribution is 6.00. The van der Waals surface area contributed by atoms with Gasteiger partial charge in [0.2, 0.25) is 59.1 Å². The Kier molecular flexibility index (Phi) is 32.3. The number of rotatable bonds is 38. The molecule has 1 heterocycles. The van der Waals surface area contributed by atoms with Gasteiger partial charge in [-0.15, -0.1) is 0 Å². The summed E-state index contributed by atoms with van der Waals surface area (Å²) in [4.78, 5) is 141. The minimum atomic E-state index is -1.62. The van der Waals surface area contributed by atoms with Crippen LogP contribution in [0.1, 0.15) is 213 Å². The second-order valence-electron chi connectivity index (χ2n) is 25.4. The largest absolute Gasteiger partial charge is 0.354 e. The van der Waals surface area contributed by atoms with E-state index in [-0.39, 0.29) is 67.8 Å². The molecule has 0 aliphatic carbocycles. The van der Waals surface area contributed by atoms with Crippen molar-refractivity contribution < 1.29 is 47.9 Å². The standard InChI is InChI=1S/C59H109N11O10/c1-18-20-22-23-24-26-28-42(62-53(77)46-29-27-33-70(46)48(72)30-25-21-19-2)49(73)63-44(35-39(5)6)51(75)66-58(12,13)55(79)65-43(34-38(3)4)50(74)64-45(36-40(7)8)52(76)67-59(14,15)56(80)68-57(10,11)54(78)60-32-31-47(71)61-41(9)37-69(16)17/h38-46H,18-37H2,1-17H3,(H,60,78)(H,61,71)(H,62,77)(H,63,73)(H,64,74)(H,65,79)(H,66,75)(H,67,76)(H,68,80)/t41-,42-,43-,44-,45-,46-/m0/s1. The van der Waals surface area contributed by atoms with Crippen molar-refractivity contribution in [3.8, 4) is 0 Å². The number of likely N-dealkylation sites (tertiary alicyclic amines) is 1. The SMILES string of the molecule is CCCCCCCC[C@H](NC(=O)[C@@H]1CCCN1C(=O)CCCCC)C(=O)N[C@@H](CC(C)C)C(=O)NC(C)(C)C(=O)N[C@@H](CC(C)C)C(=O)N[C@@H](CC(C)C)C(=O)NC(C)(C)C(=O)NC(C)(C)C(=O)NCCC(=O)N[C@@H](C)CN(C)C. The fraction of sp³-hybridized carbons (Fsp3) is 0.831. The second-order valence-corrected chi connectivity index (χ2v) is 25.4. The number of carbonyl (C=O) groups is 10. The molecule has 21 heteroatoms. The highest BCUT2D eigenvalue weighted by Gasteiger charge is 2.41. The molecule has 9 N–H and O–H groups in total. The van der Waals surface area contributed by atoms with Gasteiger partial charge in [0.15, 0.2) is 0 Å². The van der Waals surface area contributed by atoms with Crippen LogP contribution in [0.2, 0.25) is 0 Å². The number of amides is 10. The molecule has 1 rings (SSSR count). The highest BCUT2D eigenvalue weighted by atomic mass is 16.2. The molecule has 80 heavy (non-hydrogen) atoms. The zero-order chi connectivity index (χ0) is 61.1. The van der Waals surface area contributed by atoms with Crippen LogP contribution in [0.25, 0.3) is 0 Å². The third-order valence-electron chi connectivity index (χ3n) is 14.0. The van der Waals surface area contributed by atoms with Crippen LogP contribution in [0.3, 0.4) is 0 Å². The lowest BCUT2D eigenvalue weighted by Gasteiger charge is -2.34. The lowest BCUT2D eigenvalue weighted by Crippen LogP contribution is -2.65. The molecule has 0 bridgehead atoms. The number of hydrogen-bond donors (Lipinski definition) is 9. The monoisotopic (exact) mass is 1130 g/mol. The predicted octanol–water partition coefficient (Wildman–Crippen LogP) is 4.64. The first-order valence-electron chi connectivity index (χ1n) is 29.9. The first-order chi connectivity index (χ1) is 37.2. The molecular formula is C59H109N11O10. The molecule has 1 aliphatic heterocycles. The molecule has 0 spiro atoms. The van der Waals surface area contributed by atoms with Crippen molar-refractivity contribution in [1.82, 2.24) is 57.7 Å². The zero-order valence-electron chi connectivity index (χ0n) is 52.3. The van der Waals surface area contributed by atoms with Gasteiger partial charge in [0.1, 0.15) is 46.8 Å². The molecule has 0 unspecified atom stereocenters. The number of hydrogen-bond acceptors (Lipinski definition) is 11. The van der Waals surface area contributed by atoms with Gasteiger partial charge in [0, 0.05) is 38.5 Å². The minimum absolute atomic E-state index is 0.0314. The molecule has 0 aromatic heterocycles. The van der Waals surface area contributed by atoms with E-state index in [9.17, 15) is 47.9 Å². The van der Waals surface area contributed by atoms with Gasteiger partial charge in [-0.25, -0.2) is 0 Å². The van der Waals surface area contributed by atoms with E-state index >= 15 is 0 Å². The van der Waals surface area contributed by atoms with Gasteiger partial charge in [0.05, 0.1) is 0 Å². The molecule has 1 fully saturated rings. The third-order valence-corrected chi connectivity index (χ3v) is 14.0. The maximum Gasteiger partial charge on any atom is 0.246 e. The Morgan fingerprint density at radius 3 is 1.49 bits per heavy atom. The summed E-state index contributed by atoms with van der Waals surface area (Å²) in [5, 5.41) is 25.2. The molecule has 0 aromatic carbocycles. The van der Waals surface area contributed by atoms with Crippen LogP contribution in [-0.2, 0) is 47.9 Å². The van der Waals surface area contributed by atoms with Gasteiger partial charge in [-0.2, -0.15) is 0 Å². The van der Waals surface area contributed by atoms with Crippen LogP contribution in [0, 0.1) is 17.8 Å². The molecule has 0 saturated carbocycles. The summed E-state index contributed by atoms with van der Waals surface area (Å²) in [6, 6.07) is -5.17. The van der Waals surface area contributed by atoms with Crippen LogP contribution in [0.15, 0.2) is 0 Å². The number of unbranched alkanes of at least 4 members (excludes halogenated alkanes) is 7. The first-order valence-corrected chi connectivity index (χ1v) is 29.9. The normalized spacial score (nSPS) is 15.8. The van der Waals surface area contributed by atoms with Crippen LogP contribution >= 0.6 is 0 Å². The van der Waals surface area contributed by atoms with Crippen molar-refractivity contribution in [3.63, 3.8) is 0 Å². The van der Waals surface area contributed by atoms with Gasteiger partial charge >= 0.3 is 0 Å². The van der Waals surface area contributed by atoms with E-state index in [1.54, 1.807) is 4.90 Å². The number of carbonyl (C=O) groups excluding carboxylic acids is 10. The van der Waals surface area contributed by atoms with Gasteiger partial charge in [-0.1, -0.05) is 107 Å². The van der Waals surface area contributed by atoms with Crippen molar-refractivity contribution in [1.29, 1.82) is 0 Å². The van der Waals surface area contributed by atoms with Gasteiger partial charge in [-0.05, 0) is 125 Å². The van der Waals surface area contributed by atoms with E-state index in [0.717, 1.165) is 51.4 Å². The predicted molar refractivity (Wildman–Crippen MR) is 313 cm³/mol. The molecule has 6 atom stereocenters. The first kappa shape index (κ1) is 72.7. The highest BCUT2D eigenvalue weighted by Crippen LogP contribution is 2.21. The van der Waals surface area contributed by atoms with E-state index in [0.29, 0.717) is 45.2 Å². The quantitative estimate of drug-likeness (QED) is 0.0384. The van der Waals surface area contributed by atoms with Crippen molar-refractivity contribution in [2.24, 2.45) is 17.8 Å². The van der Waals surface area contributed by atoms with Crippen molar-refractivity contribution in [2.75, 3.05) is 33.7 Å². The molecule has 21 nitrogen and oxygen atoms in total. The Morgan fingerprint density at radius 1 is 0.512 bits per heavy atom. The molecular weight excluding hydrogens is 1020 g/mol. The average Bonchev–Trinajstić information content (AvgIpc) is 3.83. The summed E-state index contributed by atoms with van der Waals surface area (Å²) in [5.41, 5.74) is -4.64. The number of likely N-dealkylation sites (N-methyl/N-ethyl adjacent to an activating group) is 1. The van der Waals surface area contributed by atoms with E-state index in [1.807, 2.05) is 67.5 Å². The Labute approximate surface area is 480 Å². The average molecular weight is 1130 g/mol. The third kappa shape index (κ3) is 27.4. The Morgan fingerprint density at radius 2 is 0.975 bits per heavy atom. The maximum absolute atomic E-state index is 14.3. The Hall–Kier alpha value is -5.34. The van der Waals surface area contributed by atoms with Gasteiger partial charge < -0.3 is 57.7 Å². The van der Waals surface area contributed by atoms with Crippen LogP contribution < -0.4 is 47.9 Å². The van der Waals surface area contributed by atoms with Crippen molar-refractivity contribution in [2.45, 2.75) is 266 Å². The zero-order valence-corrected chi connectivity index (χ0v) is 52.3. The lowest BCUT2D eigenvalue weighted by molar-refractivity contribution is -0.140. The summed E-state index contributed by atoms with van der Waals surface area (Å²) >= 11 is 0. The number of nitrogens with one attached hydrogen (secondary N) is 9. The minimum Gasteiger partial charge on any atom is -0.354 e. The second kappa shape index (κ2) is 35.5. The fourth-order valence-corrected chi connectivity index (χ4v) is 9.52. The van der Waals surface area contributed by atoms with Crippen molar-refractivity contribution >= 4 is 59.1 Å². The van der Waals surface area contributed by atoms with Gasteiger partial charge in [-0.3, -0.25) is 47.9 Å². The maximum atomic E-state index is 14.3. The van der Waals surface area contributed by atoms with Crippen molar-refractivity contribution in [3.05, 3.63) is 0 Å². The molecule has 1 saturated heterocycles. The van der Waals surface area contributed by atoms with E-state index in [2.05, 4.69) is 61.7 Å². The van der Waals surface area contributed by atoms with E-state index in [1.165, 1.54) is 41.5 Å². The molecule has 1 aliphatic rings. The Balaban J connectivity index is 3.24. The van der Waals surface area contributed by atoms with Crippen LogP contribution in [-0.4, -0.2) is 155 Å². The molecule has 460 valence electrons. The fourth-order valence-electron chi connectivity index (χ4n) is 9.52. The smallest absolute Gasteiger partial charge is 0.246 e. The summed E-state index contributed by atoms with van der Waals surface area (Å²) in [6.45, 7) is 27.4. The Bertz CT molecular complexity index is 2020. The van der Waals surface area contributed by atoms with Gasteiger partial charge in [0.25, 0.3) is 0 Å². The topological polar surface area (TPSA) is 285 Å². The summed E-state index contributed by atoms with van der Waals surface area (Å²) in [5.74, 6) is -5.45. The molecule has 0 radical (unpaired) electrons. The number of nitrogens with zero attached hydrogens (tertiary/aromatic N) is 2. The summed E-state index contributed by atoms with van der Waals surface area (Å²) in [7, 11) is 3.80. The molecule has 10 amide bonds. The van der Waals surface area contributed by atoms with Crippen LogP contribution in [0.5, 0.6) is 0 Å². The van der Waals surface area contributed by atoms with Crippen LogP contribution in [0.4, 0.5) is 0 Å². The van der Waals surface area contributed by atoms with E-state index in [4.69, 9.17) is 0 Å². The summed E-state index contributed by atoms with van der Waals surface area (Å²) in [6.07, 6.45) is 10.8.